The molecule has 0 spiro atoms. The fourth-order valence-electron chi connectivity index (χ4n) is 2.79. The summed E-state index contributed by atoms with van der Waals surface area (Å²) in [6, 6.07) is 5.75. The molecular weight excluding hydrogens is 581 g/mol. The van der Waals surface area contributed by atoms with E-state index in [0.717, 1.165) is 17.8 Å². The summed E-state index contributed by atoms with van der Waals surface area (Å²) < 4.78 is 177. The number of hydrogen-bond acceptors (Lipinski definition) is 4. The van der Waals surface area contributed by atoms with E-state index in [9.17, 15) is 66.7 Å². The van der Waals surface area contributed by atoms with Crippen molar-refractivity contribution in [2.75, 3.05) is 12.4 Å². The van der Waals surface area contributed by atoms with Crippen LogP contribution in [0, 0.1) is 6.92 Å². The summed E-state index contributed by atoms with van der Waals surface area (Å²) in [7, 11) is 0.761. The maximum atomic E-state index is 14.2. The second kappa shape index (κ2) is 9.60. The zero-order chi connectivity index (χ0) is 29.7. The van der Waals surface area contributed by atoms with Crippen LogP contribution in [0.2, 0.25) is 0 Å². The maximum absolute atomic E-state index is 14.2. The number of aryl methyl sites for hydroxylation is 1. The lowest BCUT2D eigenvalue weighted by atomic mass is 9.93. The molecule has 18 heteroatoms. The van der Waals surface area contributed by atoms with Gasteiger partial charge in [0.2, 0.25) is 0 Å². The van der Waals surface area contributed by atoms with Gasteiger partial charge < -0.3 is 10.1 Å². The van der Waals surface area contributed by atoms with Crippen LogP contribution in [0.4, 0.5) is 62.1 Å². The Morgan fingerprint density at radius 2 is 1.24 bits per heavy atom. The molecular formula is C20H12F13NO3S. The summed E-state index contributed by atoms with van der Waals surface area (Å²) in [4.78, 5) is 24.0. The number of benzene rings is 1. The van der Waals surface area contributed by atoms with E-state index in [1.165, 1.54) is 24.3 Å². The van der Waals surface area contributed by atoms with Crippen LogP contribution in [-0.2, 0) is 9.53 Å². The molecule has 2 aromatic rings. The molecule has 0 fully saturated rings. The average Bonchev–Trinajstić information content (AvgIpc) is 3.21. The maximum Gasteiger partial charge on any atom is 0.460 e. The van der Waals surface area contributed by atoms with E-state index in [-0.39, 0.29) is 22.5 Å². The zero-order valence-corrected chi connectivity index (χ0v) is 19.2. The van der Waals surface area contributed by atoms with Crippen LogP contribution >= 0.6 is 11.3 Å². The van der Waals surface area contributed by atoms with Gasteiger partial charge in [0.05, 0.1) is 7.11 Å². The first kappa shape index (κ1) is 31.2. The summed E-state index contributed by atoms with van der Waals surface area (Å²) in [5.41, 5.74) is -0.0679. The Morgan fingerprint density at radius 1 is 0.763 bits per heavy atom. The Kier molecular flexibility index (Phi) is 7.88. The number of anilines is 1. The smallest absolute Gasteiger partial charge is 0.460 e. The fraction of sp³-hybridized carbons (Fsp3) is 0.400. The molecule has 0 aliphatic rings. The van der Waals surface area contributed by atoms with E-state index in [4.69, 9.17) is 0 Å². The van der Waals surface area contributed by atoms with Gasteiger partial charge in [-0.25, -0.2) is 4.79 Å². The Hall–Kier alpha value is -3.05. The Morgan fingerprint density at radius 3 is 1.68 bits per heavy atom. The first-order valence-corrected chi connectivity index (χ1v) is 10.4. The predicted molar refractivity (Wildman–Crippen MR) is 105 cm³/mol. The molecule has 2 rings (SSSR count). The highest BCUT2D eigenvalue weighted by atomic mass is 32.1. The number of alkyl halides is 13. The average molecular weight is 593 g/mol. The van der Waals surface area contributed by atoms with E-state index >= 15 is 0 Å². The Balaban J connectivity index is 2.54. The molecule has 0 radical (unpaired) electrons. The molecule has 0 saturated carbocycles. The van der Waals surface area contributed by atoms with Crippen molar-refractivity contribution >= 4 is 28.2 Å². The molecule has 38 heavy (non-hydrogen) atoms. The highest BCUT2D eigenvalue weighted by Gasteiger charge is 2.91. The lowest BCUT2D eigenvalue weighted by molar-refractivity contribution is -0.435. The number of rotatable bonds is 8. The van der Waals surface area contributed by atoms with Crippen molar-refractivity contribution in [3.05, 3.63) is 40.8 Å². The molecule has 0 unspecified atom stereocenters. The van der Waals surface area contributed by atoms with Gasteiger partial charge in [0, 0.05) is 10.9 Å². The molecule has 1 aromatic heterocycles. The van der Waals surface area contributed by atoms with Gasteiger partial charge in [-0.2, -0.15) is 57.1 Å². The highest BCUT2D eigenvalue weighted by Crippen LogP contribution is 2.60. The summed E-state index contributed by atoms with van der Waals surface area (Å²) in [5.74, 6) is -44.0. The molecule has 1 aromatic carbocycles. The van der Waals surface area contributed by atoms with Crippen molar-refractivity contribution in [1.82, 2.24) is 0 Å². The van der Waals surface area contributed by atoms with E-state index in [2.05, 4.69) is 4.74 Å². The van der Waals surface area contributed by atoms with Crippen LogP contribution in [0.5, 0.6) is 0 Å². The third-order valence-corrected chi connectivity index (χ3v) is 5.88. The van der Waals surface area contributed by atoms with E-state index in [1.54, 1.807) is 6.92 Å². The van der Waals surface area contributed by atoms with Crippen molar-refractivity contribution in [2.24, 2.45) is 0 Å². The number of halogens is 13. The molecule has 1 N–H and O–H groups in total. The molecule has 0 atom stereocenters. The zero-order valence-electron chi connectivity index (χ0n) is 18.4. The summed E-state index contributed by atoms with van der Waals surface area (Å²) in [6.45, 7) is 1.65. The number of ether oxygens (including phenoxy) is 1. The van der Waals surface area contributed by atoms with Gasteiger partial charge in [-0.05, 0) is 12.5 Å². The van der Waals surface area contributed by atoms with Crippen LogP contribution in [0.1, 0.15) is 15.9 Å². The third kappa shape index (κ3) is 4.66. The largest absolute Gasteiger partial charge is 0.465 e. The SMILES string of the molecule is COC(=O)c1c(-c2ccc(C)cc2)csc1NC(=O)C(F)(F)C(F)(F)C(F)(F)C(F)(F)C(F)(F)C(F)(F)F. The van der Waals surface area contributed by atoms with Crippen molar-refractivity contribution in [3.63, 3.8) is 0 Å². The van der Waals surface area contributed by atoms with Gasteiger partial charge in [0.15, 0.2) is 0 Å². The summed E-state index contributed by atoms with van der Waals surface area (Å²) in [5, 5.41) is 0.870. The Labute approximate surface area is 207 Å². The quantitative estimate of drug-likeness (QED) is 0.261. The molecule has 1 amide bonds. The number of hydrogen-bond donors (Lipinski definition) is 1. The minimum absolute atomic E-state index is 0.158. The lowest BCUT2D eigenvalue weighted by Gasteiger charge is -2.39. The van der Waals surface area contributed by atoms with Gasteiger partial charge in [-0.15, -0.1) is 11.3 Å². The second-order valence-electron chi connectivity index (χ2n) is 7.53. The Bertz CT molecular complexity index is 1200. The molecule has 0 bridgehead atoms. The van der Waals surface area contributed by atoms with Crippen LogP contribution in [0.3, 0.4) is 0 Å². The third-order valence-electron chi connectivity index (χ3n) is 4.99. The van der Waals surface area contributed by atoms with E-state index < -0.39 is 58.2 Å². The van der Waals surface area contributed by atoms with Crippen LogP contribution in [-0.4, -0.2) is 54.8 Å². The van der Waals surface area contributed by atoms with Crippen molar-refractivity contribution in [1.29, 1.82) is 0 Å². The fourth-order valence-corrected chi connectivity index (χ4v) is 3.75. The molecule has 0 saturated heterocycles. The topological polar surface area (TPSA) is 55.4 Å². The standard InChI is InChI=1S/C20H12F13NO3S/c1-8-3-5-9(6-4-8)10-7-38-12(11(10)13(35)37-2)34-14(36)15(21,22)16(23,24)17(25,26)18(27,28)19(29,30)20(31,32)33/h3-7H,1-2H3,(H,34,36). The van der Waals surface area contributed by atoms with Crippen molar-refractivity contribution in [3.8, 4) is 11.1 Å². The van der Waals surface area contributed by atoms with E-state index in [0.29, 0.717) is 5.56 Å². The second-order valence-corrected chi connectivity index (χ2v) is 8.41. The molecule has 212 valence electrons. The number of carbonyl (C=O) groups excluding carboxylic acids is 2. The monoisotopic (exact) mass is 593 g/mol. The first-order valence-electron chi connectivity index (χ1n) is 9.53. The lowest BCUT2D eigenvalue weighted by Crippen LogP contribution is -2.71. The first-order chi connectivity index (χ1) is 17.0. The number of methoxy groups -OCH3 is 1. The highest BCUT2D eigenvalue weighted by molar-refractivity contribution is 7.15. The normalized spacial score (nSPS) is 13.9. The van der Waals surface area contributed by atoms with E-state index in [1.807, 2.05) is 0 Å². The van der Waals surface area contributed by atoms with Gasteiger partial charge >= 0.3 is 47.7 Å². The molecule has 4 nitrogen and oxygen atoms in total. The van der Waals surface area contributed by atoms with Crippen LogP contribution in [0.15, 0.2) is 29.6 Å². The minimum atomic E-state index is -8.15. The molecule has 1 heterocycles. The summed E-state index contributed by atoms with van der Waals surface area (Å²) in [6.07, 6.45) is -7.58. The van der Waals surface area contributed by atoms with Crippen molar-refractivity contribution in [2.45, 2.75) is 42.7 Å². The van der Waals surface area contributed by atoms with Crippen LogP contribution < -0.4 is 5.32 Å². The number of carbonyl (C=O) groups is 2. The van der Waals surface area contributed by atoms with Crippen molar-refractivity contribution < 1.29 is 71.4 Å². The molecule has 0 aliphatic heterocycles. The number of esters is 1. The summed E-state index contributed by atoms with van der Waals surface area (Å²) >= 11 is 0.179. The van der Waals surface area contributed by atoms with Gasteiger partial charge in [0.25, 0.3) is 0 Å². The van der Waals surface area contributed by atoms with Gasteiger partial charge in [0.1, 0.15) is 10.6 Å². The molecule has 0 aliphatic carbocycles. The van der Waals surface area contributed by atoms with Gasteiger partial charge in [-0.1, -0.05) is 29.8 Å². The number of nitrogens with one attached hydrogen (secondary N) is 1. The number of amides is 1. The number of thiophene rings is 1. The van der Waals surface area contributed by atoms with Crippen LogP contribution in [0.25, 0.3) is 11.1 Å². The predicted octanol–water partition coefficient (Wildman–Crippen LogP) is 7.19. The van der Waals surface area contributed by atoms with Gasteiger partial charge in [-0.3, -0.25) is 4.79 Å². The minimum Gasteiger partial charge on any atom is -0.465 e.